The summed E-state index contributed by atoms with van der Waals surface area (Å²) in [5, 5.41) is 0. The first-order valence-corrected chi connectivity index (χ1v) is 7.97. The molecule has 110 valence electrons. The molecule has 6 heteroatoms. The van der Waals surface area contributed by atoms with Crippen LogP contribution in [0.15, 0.2) is 29.2 Å². The maximum Gasteiger partial charge on any atom is 0.297 e. The van der Waals surface area contributed by atoms with Gasteiger partial charge in [0.05, 0.1) is 18.0 Å². The Morgan fingerprint density at radius 1 is 1.30 bits per heavy atom. The molecule has 1 aromatic carbocycles. The summed E-state index contributed by atoms with van der Waals surface area (Å²) in [7, 11) is -3.79. The molecule has 0 N–H and O–H groups in total. The highest BCUT2D eigenvalue weighted by Gasteiger charge is 2.47. The SMILES string of the molecule is CCC1(OS(=O)(=O)c2ccc(C)cc2)CN(C(C)=O)C1. The van der Waals surface area contributed by atoms with Gasteiger partial charge in [0.2, 0.25) is 5.91 Å². The van der Waals surface area contributed by atoms with Crippen LogP contribution in [0, 0.1) is 6.92 Å². The maximum atomic E-state index is 12.3. The van der Waals surface area contributed by atoms with E-state index in [1.807, 2.05) is 13.8 Å². The molecule has 1 heterocycles. The molecule has 0 atom stereocenters. The third-order valence-electron chi connectivity index (χ3n) is 3.64. The quantitative estimate of drug-likeness (QED) is 0.794. The lowest BCUT2D eigenvalue weighted by Crippen LogP contribution is -2.64. The monoisotopic (exact) mass is 297 g/mol. The predicted molar refractivity (Wildman–Crippen MR) is 74.7 cm³/mol. The number of carbonyl (C=O) groups is 1. The highest BCUT2D eigenvalue weighted by Crippen LogP contribution is 2.32. The molecule has 1 saturated heterocycles. The zero-order chi connectivity index (χ0) is 15.0. The lowest BCUT2D eigenvalue weighted by atomic mass is 9.91. The van der Waals surface area contributed by atoms with Crippen LogP contribution < -0.4 is 0 Å². The molecule has 1 aliphatic heterocycles. The number of benzene rings is 1. The van der Waals surface area contributed by atoms with Crippen LogP contribution in [0.5, 0.6) is 0 Å². The second-order valence-corrected chi connectivity index (χ2v) is 6.81. The van der Waals surface area contributed by atoms with Gasteiger partial charge < -0.3 is 4.90 Å². The average molecular weight is 297 g/mol. The van der Waals surface area contributed by atoms with Crippen molar-refractivity contribution in [2.75, 3.05) is 13.1 Å². The Labute approximate surface area is 119 Å². The van der Waals surface area contributed by atoms with Crippen LogP contribution in [0.1, 0.15) is 25.8 Å². The standard InChI is InChI=1S/C14H19NO4S/c1-4-14(9-15(10-14)12(3)16)19-20(17,18)13-7-5-11(2)6-8-13/h5-8H,4,9-10H2,1-3H3. The van der Waals surface area contributed by atoms with Crippen molar-refractivity contribution >= 4 is 16.0 Å². The van der Waals surface area contributed by atoms with Crippen molar-refractivity contribution in [3.63, 3.8) is 0 Å². The smallest absolute Gasteiger partial charge is 0.297 e. The predicted octanol–water partition coefficient (Wildman–Crippen LogP) is 1.71. The van der Waals surface area contributed by atoms with Gasteiger partial charge in [0.15, 0.2) is 0 Å². The van der Waals surface area contributed by atoms with Crippen molar-refractivity contribution in [3.05, 3.63) is 29.8 Å². The molecule has 0 saturated carbocycles. The fourth-order valence-electron chi connectivity index (χ4n) is 2.19. The first kappa shape index (κ1) is 15.0. The Morgan fingerprint density at radius 2 is 1.85 bits per heavy atom. The van der Waals surface area contributed by atoms with Crippen LogP contribution in [0.3, 0.4) is 0 Å². The molecule has 0 radical (unpaired) electrons. The van der Waals surface area contributed by atoms with Crippen LogP contribution in [0.25, 0.3) is 0 Å². The van der Waals surface area contributed by atoms with E-state index in [4.69, 9.17) is 4.18 Å². The molecule has 0 spiro atoms. The van der Waals surface area contributed by atoms with E-state index in [1.165, 1.54) is 19.1 Å². The minimum absolute atomic E-state index is 0.0644. The minimum atomic E-state index is -3.79. The molecular formula is C14H19NO4S. The van der Waals surface area contributed by atoms with Crippen molar-refractivity contribution in [3.8, 4) is 0 Å². The Morgan fingerprint density at radius 3 is 2.30 bits per heavy atom. The third-order valence-corrected chi connectivity index (χ3v) is 5.07. The first-order valence-electron chi connectivity index (χ1n) is 6.56. The zero-order valence-corrected chi connectivity index (χ0v) is 12.7. The van der Waals surface area contributed by atoms with Gasteiger partial charge in [-0.25, -0.2) is 0 Å². The summed E-state index contributed by atoms with van der Waals surface area (Å²) in [4.78, 5) is 13.0. The van der Waals surface area contributed by atoms with Crippen LogP contribution >= 0.6 is 0 Å². The molecule has 0 unspecified atom stereocenters. The van der Waals surface area contributed by atoms with Crippen LogP contribution in [-0.4, -0.2) is 37.9 Å². The van der Waals surface area contributed by atoms with E-state index in [1.54, 1.807) is 17.0 Å². The summed E-state index contributed by atoms with van der Waals surface area (Å²) in [6, 6.07) is 6.54. The summed E-state index contributed by atoms with van der Waals surface area (Å²) < 4.78 is 29.9. The van der Waals surface area contributed by atoms with E-state index in [9.17, 15) is 13.2 Å². The number of aryl methyl sites for hydroxylation is 1. The second-order valence-electron chi connectivity index (χ2n) is 5.26. The highest BCUT2D eigenvalue weighted by atomic mass is 32.2. The Hall–Kier alpha value is -1.40. The summed E-state index contributed by atoms with van der Waals surface area (Å²) >= 11 is 0. The molecule has 0 bridgehead atoms. The van der Waals surface area contributed by atoms with Crippen molar-refractivity contribution in [2.45, 2.75) is 37.7 Å². The molecule has 1 aromatic rings. The highest BCUT2D eigenvalue weighted by molar-refractivity contribution is 7.86. The van der Waals surface area contributed by atoms with Crippen molar-refractivity contribution in [1.82, 2.24) is 4.90 Å². The normalized spacial score (nSPS) is 17.6. The topological polar surface area (TPSA) is 63.7 Å². The van der Waals surface area contributed by atoms with Gasteiger partial charge in [0, 0.05) is 6.92 Å². The van der Waals surface area contributed by atoms with E-state index in [0.29, 0.717) is 19.5 Å². The number of rotatable bonds is 4. The molecule has 20 heavy (non-hydrogen) atoms. The summed E-state index contributed by atoms with van der Waals surface area (Å²) in [5.41, 5.74) is 0.204. The van der Waals surface area contributed by atoms with Crippen LogP contribution in [-0.2, 0) is 19.1 Å². The lowest BCUT2D eigenvalue weighted by molar-refractivity contribution is -0.148. The molecule has 1 amide bonds. The number of carbonyl (C=O) groups excluding carboxylic acids is 1. The number of nitrogens with zero attached hydrogens (tertiary/aromatic N) is 1. The molecule has 0 aromatic heterocycles. The summed E-state index contributed by atoms with van der Waals surface area (Å²) in [5.74, 6) is -0.0644. The van der Waals surface area contributed by atoms with Crippen LogP contribution in [0.2, 0.25) is 0 Å². The number of hydrogen-bond donors (Lipinski definition) is 0. The van der Waals surface area contributed by atoms with E-state index in [-0.39, 0.29) is 10.8 Å². The van der Waals surface area contributed by atoms with Gasteiger partial charge >= 0.3 is 0 Å². The van der Waals surface area contributed by atoms with E-state index in [2.05, 4.69) is 0 Å². The van der Waals surface area contributed by atoms with Gasteiger partial charge in [-0.2, -0.15) is 8.42 Å². The first-order chi connectivity index (χ1) is 9.28. The fourth-order valence-corrected chi connectivity index (χ4v) is 3.45. The molecule has 1 aliphatic rings. The van der Waals surface area contributed by atoms with Crippen molar-refractivity contribution < 1.29 is 17.4 Å². The second kappa shape index (κ2) is 5.18. The van der Waals surface area contributed by atoms with E-state index < -0.39 is 15.7 Å². The Balaban J connectivity index is 2.16. The van der Waals surface area contributed by atoms with E-state index >= 15 is 0 Å². The zero-order valence-electron chi connectivity index (χ0n) is 11.9. The molecule has 1 fully saturated rings. The largest absolute Gasteiger partial charge is 0.337 e. The van der Waals surface area contributed by atoms with Gasteiger partial charge in [0.25, 0.3) is 10.1 Å². The molecule has 0 aliphatic carbocycles. The number of hydrogen-bond acceptors (Lipinski definition) is 4. The third kappa shape index (κ3) is 2.86. The van der Waals surface area contributed by atoms with Crippen molar-refractivity contribution in [2.24, 2.45) is 0 Å². The van der Waals surface area contributed by atoms with E-state index in [0.717, 1.165) is 5.56 Å². The molecule has 5 nitrogen and oxygen atoms in total. The number of amides is 1. The number of likely N-dealkylation sites (tertiary alicyclic amines) is 1. The lowest BCUT2D eigenvalue weighted by Gasteiger charge is -2.48. The Kier molecular flexibility index (Phi) is 3.88. The van der Waals surface area contributed by atoms with Gasteiger partial charge in [0.1, 0.15) is 5.60 Å². The average Bonchev–Trinajstić information content (AvgIpc) is 2.33. The minimum Gasteiger partial charge on any atom is -0.337 e. The maximum absolute atomic E-state index is 12.3. The molecule has 2 rings (SSSR count). The van der Waals surface area contributed by atoms with Gasteiger partial charge in [-0.1, -0.05) is 24.6 Å². The molecular weight excluding hydrogens is 278 g/mol. The van der Waals surface area contributed by atoms with Gasteiger partial charge in [-0.3, -0.25) is 8.98 Å². The van der Waals surface area contributed by atoms with Crippen LogP contribution in [0.4, 0.5) is 0 Å². The van der Waals surface area contributed by atoms with Crippen molar-refractivity contribution in [1.29, 1.82) is 0 Å². The summed E-state index contributed by atoms with van der Waals surface area (Å²) in [6.07, 6.45) is 0.544. The van der Waals surface area contributed by atoms with Gasteiger partial charge in [-0.15, -0.1) is 0 Å². The Bertz CT molecular complexity index is 601. The fraction of sp³-hybridized carbons (Fsp3) is 0.500. The van der Waals surface area contributed by atoms with Gasteiger partial charge in [-0.05, 0) is 25.5 Å². The summed E-state index contributed by atoms with van der Waals surface area (Å²) in [6.45, 7) is 5.87.